The molecule has 3 aromatic heterocycles. The van der Waals surface area contributed by atoms with Gasteiger partial charge < -0.3 is 14.8 Å². The first-order valence-corrected chi connectivity index (χ1v) is 10.5. The van der Waals surface area contributed by atoms with E-state index in [1.54, 1.807) is 42.9 Å². The second-order valence-electron chi connectivity index (χ2n) is 6.68. The van der Waals surface area contributed by atoms with Gasteiger partial charge in [0, 0.05) is 43.4 Å². The van der Waals surface area contributed by atoms with Gasteiger partial charge in [-0.05, 0) is 30.3 Å². The number of thiazole rings is 1. The Morgan fingerprint density at radius 1 is 1.23 bits per heavy atom. The highest BCUT2D eigenvalue weighted by molar-refractivity contribution is 7.12. The maximum atomic E-state index is 12.7. The van der Waals surface area contributed by atoms with Crippen molar-refractivity contribution in [2.75, 3.05) is 20.8 Å². The summed E-state index contributed by atoms with van der Waals surface area (Å²) in [6.45, 7) is 0.462. The van der Waals surface area contributed by atoms with Gasteiger partial charge in [-0.25, -0.2) is 9.67 Å². The molecule has 0 unspecified atom stereocenters. The predicted molar refractivity (Wildman–Crippen MR) is 117 cm³/mol. The number of methoxy groups -OCH3 is 2. The molecule has 0 spiro atoms. The zero-order chi connectivity index (χ0) is 21.8. The number of benzene rings is 1. The van der Waals surface area contributed by atoms with Crippen LogP contribution in [0.1, 0.15) is 16.2 Å². The second kappa shape index (κ2) is 9.00. The van der Waals surface area contributed by atoms with Gasteiger partial charge in [0.15, 0.2) is 0 Å². The molecule has 0 aliphatic carbocycles. The molecule has 0 bridgehead atoms. The van der Waals surface area contributed by atoms with Crippen molar-refractivity contribution in [3.63, 3.8) is 0 Å². The maximum Gasteiger partial charge on any atom is 0.269 e. The number of aromatic nitrogens is 5. The molecule has 31 heavy (non-hydrogen) atoms. The molecule has 0 aliphatic heterocycles. The van der Waals surface area contributed by atoms with Gasteiger partial charge in [0.2, 0.25) is 5.13 Å². The van der Waals surface area contributed by atoms with E-state index in [4.69, 9.17) is 9.47 Å². The van der Waals surface area contributed by atoms with Gasteiger partial charge in [0.25, 0.3) is 5.91 Å². The van der Waals surface area contributed by atoms with Crippen molar-refractivity contribution in [3.8, 4) is 27.9 Å². The third-order valence-corrected chi connectivity index (χ3v) is 5.58. The Balaban J connectivity index is 1.42. The number of hydrogen-bond donors (Lipinski definition) is 1. The number of amides is 1. The molecular weight excluding hydrogens is 416 g/mol. The van der Waals surface area contributed by atoms with Gasteiger partial charge in [-0.1, -0.05) is 0 Å². The molecule has 0 saturated carbocycles. The largest absolute Gasteiger partial charge is 0.497 e. The lowest BCUT2D eigenvalue weighted by atomic mass is 10.1. The molecule has 1 amide bonds. The molecule has 9 nitrogen and oxygen atoms in total. The van der Waals surface area contributed by atoms with E-state index < -0.39 is 0 Å². The van der Waals surface area contributed by atoms with E-state index in [-0.39, 0.29) is 5.91 Å². The van der Waals surface area contributed by atoms with E-state index in [2.05, 4.69) is 20.5 Å². The molecule has 4 aromatic rings. The van der Waals surface area contributed by atoms with E-state index >= 15 is 0 Å². The van der Waals surface area contributed by atoms with Crippen LogP contribution in [0.2, 0.25) is 0 Å². The summed E-state index contributed by atoms with van der Waals surface area (Å²) in [6.07, 6.45) is 4.18. The van der Waals surface area contributed by atoms with Crippen molar-refractivity contribution < 1.29 is 14.3 Å². The Labute approximate surface area is 183 Å². The van der Waals surface area contributed by atoms with Crippen LogP contribution in [0.4, 0.5) is 0 Å². The van der Waals surface area contributed by atoms with Crippen LogP contribution in [0.15, 0.2) is 48.1 Å². The van der Waals surface area contributed by atoms with E-state index in [0.29, 0.717) is 35.9 Å². The Hall–Kier alpha value is -3.66. The fraction of sp³-hybridized carbons (Fsp3) is 0.238. The molecule has 10 heteroatoms. The molecule has 160 valence electrons. The molecule has 0 radical (unpaired) electrons. The van der Waals surface area contributed by atoms with Crippen molar-refractivity contribution in [2.45, 2.75) is 6.42 Å². The zero-order valence-corrected chi connectivity index (χ0v) is 18.2. The van der Waals surface area contributed by atoms with Crippen molar-refractivity contribution in [1.82, 2.24) is 29.9 Å². The van der Waals surface area contributed by atoms with Gasteiger partial charge in [-0.3, -0.25) is 9.48 Å². The Bertz CT molecular complexity index is 1180. The number of carbonyl (C=O) groups excluding carboxylic acids is 1. The van der Waals surface area contributed by atoms with Gasteiger partial charge >= 0.3 is 0 Å². The highest BCUT2D eigenvalue weighted by atomic mass is 32.1. The molecule has 1 N–H and O–H groups in total. The molecule has 1 aromatic carbocycles. The normalized spacial score (nSPS) is 10.8. The minimum atomic E-state index is -0.203. The fourth-order valence-electron chi connectivity index (χ4n) is 3.12. The SMILES string of the molecule is COc1ccc(OC)c(-c2cc(C(=O)NCCc3csc(-n4cccn4)n3)n(C)n2)c1. The Morgan fingerprint density at radius 2 is 2.10 bits per heavy atom. The van der Waals surface area contributed by atoms with Gasteiger partial charge in [-0.15, -0.1) is 11.3 Å². The molecular formula is C21H22N6O3S. The molecule has 0 saturated heterocycles. The van der Waals surface area contributed by atoms with Crippen LogP contribution < -0.4 is 14.8 Å². The van der Waals surface area contributed by atoms with Gasteiger partial charge in [-0.2, -0.15) is 10.2 Å². The quantitative estimate of drug-likeness (QED) is 0.454. The maximum absolute atomic E-state index is 12.7. The van der Waals surface area contributed by atoms with Crippen molar-refractivity contribution in [2.24, 2.45) is 7.05 Å². The molecule has 0 atom stereocenters. The summed E-state index contributed by atoms with van der Waals surface area (Å²) in [5, 5.41) is 14.4. The standard InChI is InChI=1S/C21H22N6O3S/c1-26-18(12-17(25-26)16-11-15(29-2)5-6-19(16)30-3)20(28)22-9-7-14-13-31-21(24-14)27-10-4-8-23-27/h4-6,8,10-13H,7,9H2,1-3H3,(H,22,28). The number of carbonyl (C=O) groups is 1. The number of nitrogens with zero attached hydrogens (tertiary/aromatic N) is 5. The zero-order valence-electron chi connectivity index (χ0n) is 17.4. The number of ether oxygens (including phenoxy) is 2. The Morgan fingerprint density at radius 3 is 2.84 bits per heavy atom. The minimum absolute atomic E-state index is 0.203. The van der Waals surface area contributed by atoms with Crippen LogP contribution in [0.5, 0.6) is 11.5 Å². The first kappa shape index (κ1) is 20.6. The van der Waals surface area contributed by atoms with Crippen LogP contribution >= 0.6 is 11.3 Å². The monoisotopic (exact) mass is 438 g/mol. The summed E-state index contributed by atoms with van der Waals surface area (Å²) in [5.41, 5.74) is 2.75. The summed E-state index contributed by atoms with van der Waals surface area (Å²) in [6, 6.07) is 9.06. The predicted octanol–water partition coefficient (Wildman–Crippen LogP) is 2.72. The van der Waals surface area contributed by atoms with Crippen LogP contribution in [-0.2, 0) is 13.5 Å². The lowest BCUT2D eigenvalue weighted by molar-refractivity contribution is 0.0944. The summed E-state index contributed by atoms with van der Waals surface area (Å²) in [7, 11) is 4.93. The van der Waals surface area contributed by atoms with Crippen molar-refractivity contribution in [3.05, 3.63) is 59.5 Å². The van der Waals surface area contributed by atoms with Crippen LogP contribution in [0.25, 0.3) is 16.4 Å². The molecule has 0 fully saturated rings. The summed E-state index contributed by atoms with van der Waals surface area (Å²) in [5.74, 6) is 1.14. The lowest BCUT2D eigenvalue weighted by Crippen LogP contribution is -2.27. The van der Waals surface area contributed by atoms with E-state index in [1.807, 2.05) is 35.8 Å². The van der Waals surface area contributed by atoms with E-state index in [1.165, 1.54) is 11.3 Å². The van der Waals surface area contributed by atoms with E-state index in [9.17, 15) is 4.79 Å². The first-order valence-electron chi connectivity index (χ1n) is 9.58. The van der Waals surface area contributed by atoms with Crippen molar-refractivity contribution in [1.29, 1.82) is 0 Å². The first-order chi connectivity index (χ1) is 15.1. The number of nitrogens with one attached hydrogen (secondary N) is 1. The van der Waals surface area contributed by atoms with Crippen LogP contribution in [0, 0.1) is 0 Å². The highest BCUT2D eigenvalue weighted by Crippen LogP contribution is 2.32. The van der Waals surface area contributed by atoms with E-state index in [0.717, 1.165) is 16.4 Å². The number of rotatable bonds is 8. The molecule has 0 aliphatic rings. The average Bonchev–Trinajstić information content (AvgIpc) is 3.54. The van der Waals surface area contributed by atoms with Crippen LogP contribution in [0.3, 0.4) is 0 Å². The van der Waals surface area contributed by atoms with Gasteiger partial charge in [0.05, 0.1) is 25.6 Å². The minimum Gasteiger partial charge on any atom is -0.497 e. The van der Waals surface area contributed by atoms with Crippen LogP contribution in [-0.4, -0.2) is 51.2 Å². The second-order valence-corrected chi connectivity index (χ2v) is 7.52. The number of hydrogen-bond acceptors (Lipinski definition) is 7. The highest BCUT2D eigenvalue weighted by Gasteiger charge is 2.17. The third kappa shape index (κ3) is 4.43. The smallest absolute Gasteiger partial charge is 0.269 e. The van der Waals surface area contributed by atoms with Crippen molar-refractivity contribution >= 4 is 17.2 Å². The van der Waals surface area contributed by atoms with Gasteiger partial charge in [0.1, 0.15) is 17.2 Å². The molecule has 4 rings (SSSR count). The summed E-state index contributed by atoms with van der Waals surface area (Å²) in [4.78, 5) is 17.3. The summed E-state index contributed by atoms with van der Waals surface area (Å²) < 4.78 is 14.0. The topological polar surface area (TPSA) is 96.1 Å². The lowest BCUT2D eigenvalue weighted by Gasteiger charge is -2.08. The molecule has 3 heterocycles. The summed E-state index contributed by atoms with van der Waals surface area (Å²) >= 11 is 1.51. The fourth-order valence-corrected chi connectivity index (χ4v) is 3.92. The third-order valence-electron chi connectivity index (χ3n) is 4.70. The Kier molecular flexibility index (Phi) is 5.99. The number of aryl methyl sites for hydroxylation is 1. The average molecular weight is 439 g/mol.